The number of nitrogens with one attached hydrogen (secondary N) is 2. The average Bonchev–Trinajstić information content (AvgIpc) is 3.60. The van der Waals surface area contributed by atoms with Gasteiger partial charge in [0, 0.05) is 30.7 Å². The number of amides is 2. The molecule has 33 heavy (non-hydrogen) atoms. The highest BCUT2D eigenvalue weighted by Gasteiger charge is 2.40. The molecule has 2 aromatic carbocycles. The number of halogens is 1. The Hall–Kier alpha value is -2.37. The Morgan fingerprint density at radius 2 is 1.79 bits per heavy atom. The van der Waals surface area contributed by atoms with Crippen molar-refractivity contribution in [3.63, 3.8) is 0 Å². The molecule has 2 aromatic rings. The van der Waals surface area contributed by atoms with Crippen molar-refractivity contribution in [2.24, 2.45) is 5.92 Å². The predicted octanol–water partition coefficient (Wildman–Crippen LogP) is 4.24. The fraction of sp³-hybridized carbons (Fsp3) is 0.481. The lowest BCUT2D eigenvalue weighted by Gasteiger charge is -2.36. The molecular weight excluding hydrogens is 434 g/mol. The molecule has 1 saturated carbocycles. The van der Waals surface area contributed by atoms with Crippen LogP contribution in [0, 0.1) is 33.6 Å². The number of carbonyl (C=O) groups is 2. The van der Waals surface area contributed by atoms with Crippen LogP contribution < -0.4 is 10.6 Å². The largest absolute Gasteiger partial charge is 0.348 e. The first-order chi connectivity index (χ1) is 15.3. The van der Waals surface area contributed by atoms with E-state index >= 15 is 0 Å². The number of hydrogen-bond donors (Lipinski definition) is 2. The second kappa shape index (κ2) is 10.7. The first-order valence-electron chi connectivity index (χ1n) is 11.8. The molecule has 1 aliphatic carbocycles. The van der Waals surface area contributed by atoms with Gasteiger partial charge in [-0.2, -0.15) is 0 Å². The first-order valence-corrected chi connectivity index (χ1v) is 11.8. The lowest BCUT2D eigenvalue weighted by molar-refractivity contribution is -0.138. The van der Waals surface area contributed by atoms with Crippen LogP contribution in [0.5, 0.6) is 0 Å². The SMILES string of the molecule is Cc1ccc(C(=O)NC2CCNCC2C(=O)N(Cc2cccc(C)c2C)C2CC2)c(C)c1.Cl. The third-order valence-corrected chi connectivity index (χ3v) is 7.07. The highest BCUT2D eigenvalue weighted by Crippen LogP contribution is 2.32. The minimum absolute atomic E-state index is 0. The number of aryl methyl sites for hydroxylation is 3. The van der Waals surface area contributed by atoms with Crippen molar-refractivity contribution in [3.05, 3.63) is 69.8 Å². The van der Waals surface area contributed by atoms with E-state index in [-0.39, 0.29) is 36.2 Å². The molecule has 2 fully saturated rings. The number of piperidine rings is 1. The van der Waals surface area contributed by atoms with E-state index in [1.807, 2.05) is 32.0 Å². The van der Waals surface area contributed by atoms with Gasteiger partial charge in [0.15, 0.2) is 0 Å². The third kappa shape index (κ3) is 5.77. The number of nitrogens with zero attached hydrogens (tertiary/aromatic N) is 1. The molecular formula is C27H36ClN3O2. The van der Waals surface area contributed by atoms with Crippen molar-refractivity contribution in [1.29, 1.82) is 0 Å². The van der Waals surface area contributed by atoms with Crippen LogP contribution in [0.4, 0.5) is 0 Å². The molecule has 2 atom stereocenters. The molecule has 0 radical (unpaired) electrons. The summed E-state index contributed by atoms with van der Waals surface area (Å²) in [5.74, 6) is -0.171. The molecule has 178 valence electrons. The second-order valence-corrected chi connectivity index (χ2v) is 9.55. The molecule has 1 aliphatic heterocycles. The summed E-state index contributed by atoms with van der Waals surface area (Å²) in [7, 11) is 0. The standard InChI is InChI=1S/C27H35N3O2.ClH/c1-17-8-11-23(19(3)14-17)26(31)29-25-12-13-28-15-24(25)27(32)30(22-9-10-22)16-21-7-5-6-18(2)20(21)4;/h5-8,11,14,22,24-25,28H,9-10,12-13,15-16H2,1-4H3,(H,29,31);1H. The van der Waals surface area contributed by atoms with Crippen LogP contribution in [0.2, 0.25) is 0 Å². The molecule has 1 saturated heterocycles. The Morgan fingerprint density at radius 3 is 2.48 bits per heavy atom. The van der Waals surface area contributed by atoms with Crippen molar-refractivity contribution < 1.29 is 9.59 Å². The van der Waals surface area contributed by atoms with Crippen molar-refractivity contribution >= 4 is 24.2 Å². The molecule has 0 aromatic heterocycles. The average molecular weight is 470 g/mol. The molecule has 2 aliphatic rings. The van der Waals surface area contributed by atoms with E-state index in [0.29, 0.717) is 24.7 Å². The summed E-state index contributed by atoms with van der Waals surface area (Å²) < 4.78 is 0. The van der Waals surface area contributed by atoms with E-state index < -0.39 is 0 Å². The quantitative estimate of drug-likeness (QED) is 0.665. The Balaban J connectivity index is 0.00000306. The summed E-state index contributed by atoms with van der Waals surface area (Å²) in [6.07, 6.45) is 2.89. The van der Waals surface area contributed by atoms with Gasteiger partial charge in [-0.25, -0.2) is 0 Å². The zero-order chi connectivity index (χ0) is 22.8. The fourth-order valence-corrected chi connectivity index (χ4v) is 4.76. The zero-order valence-corrected chi connectivity index (χ0v) is 20.9. The lowest BCUT2D eigenvalue weighted by Crippen LogP contribution is -2.55. The van der Waals surface area contributed by atoms with Gasteiger partial charge in [0.1, 0.15) is 0 Å². The van der Waals surface area contributed by atoms with Gasteiger partial charge in [-0.15, -0.1) is 12.4 Å². The van der Waals surface area contributed by atoms with Crippen LogP contribution in [0.15, 0.2) is 36.4 Å². The summed E-state index contributed by atoms with van der Waals surface area (Å²) in [5, 5.41) is 6.58. The molecule has 5 nitrogen and oxygen atoms in total. The van der Waals surface area contributed by atoms with Gasteiger partial charge in [0.25, 0.3) is 5.91 Å². The number of hydrogen-bond acceptors (Lipinski definition) is 3. The maximum atomic E-state index is 13.8. The molecule has 1 heterocycles. The summed E-state index contributed by atoms with van der Waals surface area (Å²) in [6.45, 7) is 10.3. The number of rotatable bonds is 6. The summed E-state index contributed by atoms with van der Waals surface area (Å²) in [4.78, 5) is 28.9. The minimum atomic E-state index is -0.246. The Labute approximate surface area is 203 Å². The van der Waals surface area contributed by atoms with Crippen LogP contribution in [0.1, 0.15) is 57.4 Å². The Bertz CT molecular complexity index is 1020. The van der Waals surface area contributed by atoms with Gasteiger partial charge in [0.05, 0.1) is 5.92 Å². The number of benzene rings is 2. The first kappa shape index (κ1) is 25.3. The van der Waals surface area contributed by atoms with Crippen LogP contribution >= 0.6 is 12.4 Å². The van der Waals surface area contributed by atoms with Crippen molar-refractivity contribution in [2.45, 2.75) is 65.6 Å². The monoisotopic (exact) mass is 469 g/mol. The summed E-state index contributed by atoms with van der Waals surface area (Å²) in [5.41, 5.74) is 6.52. The van der Waals surface area contributed by atoms with Crippen LogP contribution in [-0.4, -0.2) is 41.9 Å². The highest BCUT2D eigenvalue weighted by molar-refractivity contribution is 5.96. The third-order valence-electron chi connectivity index (χ3n) is 7.07. The molecule has 2 N–H and O–H groups in total. The van der Waals surface area contributed by atoms with E-state index in [9.17, 15) is 9.59 Å². The van der Waals surface area contributed by atoms with Crippen molar-refractivity contribution in [2.75, 3.05) is 13.1 Å². The van der Waals surface area contributed by atoms with Crippen molar-refractivity contribution in [1.82, 2.24) is 15.5 Å². The Morgan fingerprint density at radius 1 is 1.03 bits per heavy atom. The maximum Gasteiger partial charge on any atom is 0.251 e. The van der Waals surface area contributed by atoms with Crippen molar-refractivity contribution in [3.8, 4) is 0 Å². The normalized spacial score (nSPS) is 20.0. The highest BCUT2D eigenvalue weighted by atomic mass is 35.5. The summed E-state index contributed by atoms with van der Waals surface area (Å²) in [6, 6.07) is 12.4. The van der Waals surface area contributed by atoms with Gasteiger partial charge < -0.3 is 15.5 Å². The smallest absolute Gasteiger partial charge is 0.251 e. The lowest BCUT2D eigenvalue weighted by atomic mass is 9.90. The topological polar surface area (TPSA) is 61.4 Å². The predicted molar refractivity (Wildman–Crippen MR) is 135 cm³/mol. The molecule has 6 heteroatoms. The minimum Gasteiger partial charge on any atom is -0.348 e. The fourth-order valence-electron chi connectivity index (χ4n) is 4.76. The molecule has 2 unspecified atom stereocenters. The van der Waals surface area contributed by atoms with Gasteiger partial charge in [0.2, 0.25) is 5.91 Å². The van der Waals surface area contributed by atoms with Crippen LogP contribution in [-0.2, 0) is 11.3 Å². The molecule has 2 amide bonds. The van der Waals surface area contributed by atoms with Gasteiger partial charge in [-0.3, -0.25) is 9.59 Å². The van der Waals surface area contributed by atoms with E-state index in [2.05, 4.69) is 47.6 Å². The Kier molecular flexibility index (Phi) is 8.19. The van der Waals surface area contributed by atoms with Crippen LogP contribution in [0.25, 0.3) is 0 Å². The van der Waals surface area contributed by atoms with E-state index in [4.69, 9.17) is 0 Å². The number of carbonyl (C=O) groups excluding carboxylic acids is 2. The maximum absolute atomic E-state index is 13.8. The molecule has 0 spiro atoms. The van der Waals surface area contributed by atoms with Gasteiger partial charge in [-0.1, -0.05) is 35.9 Å². The van der Waals surface area contributed by atoms with E-state index in [0.717, 1.165) is 36.9 Å². The van der Waals surface area contributed by atoms with Crippen LogP contribution in [0.3, 0.4) is 0 Å². The van der Waals surface area contributed by atoms with E-state index in [1.54, 1.807) is 0 Å². The van der Waals surface area contributed by atoms with Gasteiger partial charge in [-0.05, 0) is 81.8 Å². The second-order valence-electron chi connectivity index (χ2n) is 9.55. The molecule has 4 rings (SSSR count). The zero-order valence-electron chi connectivity index (χ0n) is 20.1. The summed E-state index contributed by atoms with van der Waals surface area (Å²) >= 11 is 0. The van der Waals surface area contributed by atoms with E-state index in [1.165, 1.54) is 16.7 Å². The van der Waals surface area contributed by atoms with Gasteiger partial charge >= 0.3 is 0 Å². The molecule has 0 bridgehead atoms.